The molecule has 1 saturated heterocycles. The lowest BCUT2D eigenvalue weighted by molar-refractivity contribution is -0.303. The third-order valence-corrected chi connectivity index (χ3v) is 10.8. The summed E-state index contributed by atoms with van der Waals surface area (Å²) in [5, 5.41) is 75.5. The molecule has 54 heavy (non-hydrogen) atoms. The number of hydrogen-bond donors (Lipinski definition) is 8. The maximum Gasteiger partial charge on any atom is 0.249 e. The monoisotopic (exact) mass is 774 g/mol. The van der Waals surface area contributed by atoms with E-state index in [9.17, 15) is 40.5 Å². The van der Waals surface area contributed by atoms with Gasteiger partial charge in [-0.25, -0.2) is 0 Å². The fraction of sp³-hybridized carbons (Fsp3) is 0.930. The molecule has 1 amide bonds. The number of allylic oxidation sites excluding steroid dienone is 2. The van der Waals surface area contributed by atoms with Gasteiger partial charge < -0.3 is 50.5 Å². The highest BCUT2D eigenvalue weighted by molar-refractivity contribution is 5.80. The predicted molar refractivity (Wildman–Crippen MR) is 215 cm³/mol. The third kappa shape index (κ3) is 23.8. The van der Waals surface area contributed by atoms with Crippen LogP contribution in [0.2, 0.25) is 0 Å². The van der Waals surface area contributed by atoms with Crippen molar-refractivity contribution < 1.29 is 50.0 Å². The number of hydrogen-bond acceptors (Lipinski definition) is 10. The first kappa shape index (κ1) is 50.9. The minimum absolute atomic E-state index is 0.261. The van der Waals surface area contributed by atoms with Crippen LogP contribution in [0, 0.1) is 0 Å². The molecule has 9 unspecified atom stereocenters. The van der Waals surface area contributed by atoms with E-state index in [1.54, 1.807) is 0 Å². The lowest BCUT2D eigenvalue weighted by Crippen LogP contribution is -2.60. The van der Waals surface area contributed by atoms with Crippen molar-refractivity contribution >= 4 is 5.91 Å². The molecule has 1 heterocycles. The average Bonchev–Trinajstić information content (AvgIpc) is 3.17. The van der Waals surface area contributed by atoms with Gasteiger partial charge in [0.05, 0.1) is 25.4 Å². The van der Waals surface area contributed by atoms with E-state index in [1.165, 1.54) is 89.9 Å². The zero-order chi connectivity index (χ0) is 39.8. The Kier molecular flexibility index (Phi) is 32.0. The maximum atomic E-state index is 13.0. The Morgan fingerprint density at radius 1 is 0.630 bits per heavy atom. The Labute approximate surface area is 328 Å². The van der Waals surface area contributed by atoms with Crippen molar-refractivity contribution in [2.24, 2.45) is 0 Å². The van der Waals surface area contributed by atoms with Crippen LogP contribution in [0.25, 0.3) is 0 Å². The van der Waals surface area contributed by atoms with Crippen LogP contribution in [0.1, 0.15) is 187 Å². The van der Waals surface area contributed by atoms with E-state index in [0.717, 1.165) is 57.8 Å². The minimum atomic E-state index is -1.66. The van der Waals surface area contributed by atoms with Crippen LogP contribution in [0.4, 0.5) is 0 Å². The minimum Gasteiger partial charge on any atom is -0.394 e. The summed E-state index contributed by atoms with van der Waals surface area (Å²) in [7, 11) is 0. The second-order valence-electron chi connectivity index (χ2n) is 15.8. The van der Waals surface area contributed by atoms with Gasteiger partial charge in [0.15, 0.2) is 6.29 Å². The van der Waals surface area contributed by atoms with Crippen molar-refractivity contribution in [3.8, 4) is 0 Å². The van der Waals surface area contributed by atoms with E-state index in [0.29, 0.717) is 19.3 Å². The van der Waals surface area contributed by atoms with E-state index in [2.05, 4.69) is 31.3 Å². The van der Waals surface area contributed by atoms with Gasteiger partial charge in [0.1, 0.15) is 36.6 Å². The smallest absolute Gasteiger partial charge is 0.249 e. The first-order valence-electron chi connectivity index (χ1n) is 22.1. The highest BCUT2D eigenvalue weighted by atomic mass is 16.7. The van der Waals surface area contributed by atoms with Crippen LogP contribution < -0.4 is 5.32 Å². The quantitative estimate of drug-likeness (QED) is 0.0258. The number of carbonyl (C=O) groups is 1. The van der Waals surface area contributed by atoms with Gasteiger partial charge in [-0.3, -0.25) is 4.79 Å². The Morgan fingerprint density at radius 3 is 1.56 bits per heavy atom. The van der Waals surface area contributed by atoms with Crippen molar-refractivity contribution in [3.63, 3.8) is 0 Å². The number of rotatable bonds is 36. The first-order valence-corrected chi connectivity index (χ1v) is 22.1. The molecular weight excluding hydrogens is 690 g/mol. The normalized spacial score (nSPS) is 22.7. The van der Waals surface area contributed by atoms with Crippen LogP contribution in [0.3, 0.4) is 0 Å². The molecule has 1 fully saturated rings. The molecule has 0 aromatic heterocycles. The molecule has 0 bridgehead atoms. The maximum absolute atomic E-state index is 13.0. The average molecular weight is 774 g/mol. The molecule has 320 valence electrons. The Bertz CT molecular complexity index is 892. The molecule has 1 rings (SSSR count). The van der Waals surface area contributed by atoms with Crippen molar-refractivity contribution in [1.29, 1.82) is 0 Å². The summed E-state index contributed by atoms with van der Waals surface area (Å²) in [4.78, 5) is 13.0. The van der Waals surface area contributed by atoms with Crippen molar-refractivity contribution in [2.75, 3.05) is 13.2 Å². The highest BCUT2D eigenvalue weighted by Gasteiger charge is 2.44. The van der Waals surface area contributed by atoms with Crippen molar-refractivity contribution in [3.05, 3.63) is 12.2 Å². The fourth-order valence-electron chi connectivity index (χ4n) is 7.08. The van der Waals surface area contributed by atoms with Crippen LogP contribution in [0.5, 0.6) is 0 Å². The van der Waals surface area contributed by atoms with E-state index < -0.39 is 74.2 Å². The second kappa shape index (κ2) is 33.9. The number of aliphatic hydroxyl groups excluding tert-OH is 7. The molecule has 1 aliphatic heterocycles. The van der Waals surface area contributed by atoms with Gasteiger partial charge in [0.2, 0.25) is 5.91 Å². The summed E-state index contributed by atoms with van der Waals surface area (Å²) in [5.41, 5.74) is 0. The Balaban J connectivity index is 2.49. The molecule has 0 aromatic rings. The molecule has 9 atom stereocenters. The Morgan fingerprint density at radius 2 is 1.07 bits per heavy atom. The topological polar surface area (TPSA) is 189 Å². The second-order valence-corrected chi connectivity index (χ2v) is 15.8. The van der Waals surface area contributed by atoms with Gasteiger partial charge in [-0.05, 0) is 38.5 Å². The van der Waals surface area contributed by atoms with Gasteiger partial charge in [-0.1, -0.05) is 161 Å². The van der Waals surface area contributed by atoms with Gasteiger partial charge in [0.25, 0.3) is 0 Å². The third-order valence-electron chi connectivity index (χ3n) is 10.8. The number of aliphatic hydroxyl groups is 7. The van der Waals surface area contributed by atoms with Gasteiger partial charge in [0, 0.05) is 0 Å². The van der Waals surface area contributed by atoms with Gasteiger partial charge in [-0.2, -0.15) is 0 Å². The van der Waals surface area contributed by atoms with E-state index in [4.69, 9.17) is 9.47 Å². The molecule has 0 saturated carbocycles. The summed E-state index contributed by atoms with van der Waals surface area (Å²) in [6.45, 7) is 3.41. The van der Waals surface area contributed by atoms with Gasteiger partial charge >= 0.3 is 0 Å². The fourth-order valence-corrected chi connectivity index (χ4v) is 7.08. The first-order chi connectivity index (χ1) is 26.2. The largest absolute Gasteiger partial charge is 0.394 e. The van der Waals surface area contributed by atoms with Gasteiger partial charge in [-0.15, -0.1) is 0 Å². The molecule has 0 aromatic carbocycles. The van der Waals surface area contributed by atoms with E-state index in [-0.39, 0.29) is 6.42 Å². The molecule has 11 heteroatoms. The number of carbonyl (C=O) groups excluding carboxylic acids is 1. The van der Waals surface area contributed by atoms with E-state index >= 15 is 0 Å². The summed E-state index contributed by atoms with van der Waals surface area (Å²) in [5.74, 6) is -0.701. The highest BCUT2D eigenvalue weighted by Crippen LogP contribution is 2.23. The lowest BCUT2D eigenvalue weighted by atomic mass is 9.98. The summed E-state index contributed by atoms with van der Waals surface area (Å²) in [6.07, 6.45) is 22.6. The summed E-state index contributed by atoms with van der Waals surface area (Å²) < 4.78 is 11.1. The number of nitrogens with one attached hydrogen (secondary N) is 1. The molecule has 11 nitrogen and oxygen atoms in total. The van der Waals surface area contributed by atoms with Crippen molar-refractivity contribution in [2.45, 2.75) is 242 Å². The zero-order valence-electron chi connectivity index (χ0n) is 34.2. The predicted octanol–water partition coefficient (Wildman–Crippen LogP) is 6.50. The zero-order valence-corrected chi connectivity index (χ0v) is 34.2. The number of amides is 1. The molecule has 8 N–H and O–H groups in total. The lowest BCUT2D eigenvalue weighted by Gasteiger charge is -2.40. The standard InChI is InChI=1S/C43H83NO10/c1-3-5-7-9-11-13-15-16-17-18-19-21-22-24-26-28-30-35(46)38(48)34(33-53-43-41(51)40(50)39(49)37(32-45)54-43)44-42(52)36(47)31-29-27-25-23-20-14-12-10-8-6-4-2/h16-17,34-41,43,45-51H,3-15,18-33H2,1-2H3,(H,44,52). The number of ether oxygens (including phenoxy) is 2. The molecule has 0 radical (unpaired) electrons. The Hall–Kier alpha value is -1.15. The van der Waals surface area contributed by atoms with E-state index in [1.807, 2.05) is 0 Å². The molecule has 0 aliphatic carbocycles. The van der Waals surface area contributed by atoms with Crippen molar-refractivity contribution in [1.82, 2.24) is 5.32 Å². The molecule has 0 spiro atoms. The summed E-state index contributed by atoms with van der Waals surface area (Å²) in [6, 6.07) is -1.17. The SMILES string of the molecule is CCCCCCCCC=CCCCCCCCCC(O)C(O)C(COC1OC(CO)C(O)C(O)C1O)NC(=O)C(O)CCCCCCCCCCCCC. The number of unbranched alkanes of at least 4 members (excludes halogenated alkanes) is 22. The van der Waals surface area contributed by atoms with Crippen LogP contribution in [-0.4, -0.2) is 110 Å². The molecule has 1 aliphatic rings. The molecular formula is C43H83NO10. The van der Waals surface area contributed by atoms with Crippen LogP contribution in [0.15, 0.2) is 12.2 Å². The summed E-state index contributed by atoms with van der Waals surface area (Å²) >= 11 is 0. The van der Waals surface area contributed by atoms with Crippen LogP contribution >= 0.6 is 0 Å². The van der Waals surface area contributed by atoms with Crippen LogP contribution in [-0.2, 0) is 14.3 Å².